The Morgan fingerprint density at radius 3 is 2.21 bits per heavy atom. The molecule has 0 spiro atoms. The number of nitrogens with zero attached hydrogens (tertiary/aromatic N) is 1. The number of alkyl halides is 3. The smallest absolute Gasteiger partial charge is 0.437 e. The third-order valence-corrected chi connectivity index (χ3v) is 2.39. The third-order valence-electron chi connectivity index (χ3n) is 2.39. The van der Waals surface area contributed by atoms with Gasteiger partial charge in [0.15, 0.2) is 5.71 Å². The van der Waals surface area contributed by atoms with Crippen LogP contribution in [-0.2, 0) is 0 Å². The van der Waals surface area contributed by atoms with Gasteiger partial charge in [0.05, 0.1) is 6.04 Å². The number of amides is 1. The molecule has 1 rings (SSSR count). The zero-order valence-electron chi connectivity index (χ0n) is 9.77. The quantitative estimate of drug-likeness (QED) is 0.451. The maximum absolute atomic E-state index is 12.5. The van der Waals surface area contributed by atoms with Crippen LogP contribution in [0.25, 0.3) is 0 Å². The molecule has 5 nitrogen and oxygen atoms in total. The molecule has 0 saturated carbocycles. The van der Waals surface area contributed by atoms with Crippen molar-refractivity contribution < 1.29 is 28.3 Å². The molecule has 3 N–H and O–H groups in total. The van der Waals surface area contributed by atoms with Crippen LogP contribution in [0.4, 0.5) is 18.0 Å². The molecule has 8 heteroatoms. The molecule has 1 amide bonds. The van der Waals surface area contributed by atoms with E-state index in [2.05, 4.69) is 10.5 Å². The van der Waals surface area contributed by atoms with E-state index in [-0.39, 0.29) is 5.56 Å². The second-order valence-corrected chi connectivity index (χ2v) is 3.74. The molecular formula is C11H11F3N2O3. The topological polar surface area (TPSA) is 81.9 Å². The van der Waals surface area contributed by atoms with Crippen LogP contribution >= 0.6 is 0 Å². The number of benzene rings is 1. The van der Waals surface area contributed by atoms with Crippen LogP contribution < -0.4 is 5.32 Å². The van der Waals surface area contributed by atoms with E-state index in [1.165, 1.54) is 12.1 Å². The van der Waals surface area contributed by atoms with Crippen molar-refractivity contribution in [3.05, 3.63) is 35.4 Å². The molecule has 0 heterocycles. The first-order valence-corrected chi connectivity index (χ1v) is 5.14. The molecule has 19 heavy (non-hydrogen) atoms. The fourth-order valence-electron chi connectivity index (χ4n) is 1.48. The summed E-state index contributed by atoms with van der Waals surface area (Å²) in [4.78, 5) is 10.4. The standard InChI is InChI=1S/C11H11F3N2O3/c1-6(15-10(17)18)7-2-4-8(5-3-7)9(16-19)11(12,13)14/h2-6,15,19H,1H3,(H,17,18). The predicted molar refractivity (Wildman–Crippen MR) is 60.4 cm³/mol. The van der Waals surface area contributed by atoms with E-state index in [9.17, 15) is 18.0 Å². The van der Waals surface area contributed by atoms with Gasteiger partial charge in [-0.25, -0.2) is 4.79 Å². The van der Waals surface area contributed by atoms with Crippen molar-refractivity contribution >= 4 is 11.8 Å². The summed E-state index contributed by atoms with van der Waals surface area (Å²) in [6.07, 6.45) is -5.99. The van der Waals surface area contributed by atoms with E-state index < -0.39 is 24.0 Å². The van der Waals surface area contributed by atoms with Crippen LogP contribution in [0.2, 0.25) is 0 Å². The van der Waals surface area contributed by atoms with Crippen LogP contribution in [0.3, 0.4) is 0 Å². The summed E-state index contributed by atoms with van der Waals surface area (Å²) in [6.45, 7) is 1.55. The normalized spacial score (nSPS) is 14.0. The number of rotatable bonds is 3. The highest BCUT2D eigenvalue weighted by molar-refractivity contribution is 6.04. The average molecular weight is 276 g/mol. The molecule has 0 aliphatic rings. The minimum Gasteiger partial charge on any atom is -0.465 e. The number of carbonyl (C=O) groups is 1. The van der Waals surface area contributed by atoms with Gasteiger partial charge in [0.25, 0.3) is 0 Å². The predicted octanol–water partition coefficient (Wildman–Crippen LogP) is 2.76. The molecule has 0 bridgehead atoms. The molecule has 1 aromatic carbocycles. The van der Waals surface area contributed by atoms with Gasteiger partial charge in [-0.05, 0) is 12.5 Å². The molecule has 1 aromatic rings. The maximum Gasteiger partial charge on any atom is 0.437 e. The summed E-state index contributed by atoms with van der Waals surface area (Å²) in [5.41, 5.74) is -1.22. The van der Waals surface area contributed by atoms with Gasteiger partial charge in [-0.2, -0.15) is 13.2 Å². The first-order valence-electron chi connectivity index (χ1n) is 5.14. The van der Waals surface area contributed by atoms with Gasteiger partial charge in [0.2, 0.25) is 0 Å². The summed E-state index contributed by atoms with van der Waals surface area (Å²) in [5, 5.41) is 21.3. The van der Waals surface area contributed by atoms with E-state index >= 15 is 0 Å². The molecule has 0 saturated heterocycles. The molecule has 0 aliphatic carbocycles. The van der Waals surface area contributed by atoms with Crippen LogP contribution in [0.5, 0.6) is 0 Å². The molecular weight excluding hydrogens is 265 g/mol. The van der Waals surface area contributed by atoms with Crippen molar-refractivity contribution in [3.8, 4) is 0 Å². The minimum absolute atomic E-state index is 0.304. The fraction of sp³-hybridized carbons (Fsp3) is 0.273. The van der Waals surface area contributed by atoms with Crippen molar-refractivity contribution in [2.45, 2.75) is 19.1 Å². The second kappa shape index (κ2) is 5.59. The Kier molecular flexibility index (Phi) is 4.36. The third kappa shape index (κ3) is 3.87. The number of halogens is 3. The van der Waals surface area contributed by atoms with E-state index in [0.717, 1.165) is 12.1 Å². The van der Waals surface area contributed by atoms with Crippen LogP contribution in [0.1, 0.15) is 24.1 Å². The maximum atomic E-state index is 12.5. The lowest BCUT2D eigenvalue weighted by Gasteiger charge is -2.13. The lowest BCUT2D eigenvalue weighted by Crippen LogP contribution is -2.25. The lowest BCUT2D eigenvalue weighted by molar-refractivity contribution is -0.0601. The Hall–Kier alpha value is -2.25. The van der Waals surface area contributed by atoms with E-state index in [1.807, 2.05) is 0 Å². The highest BCUT2D eigenvalue weighted by Crippen LogP contribution is 2.23. The molecule has 104 valence electrons. The van der Waals surface area contributed by atoms with Crippen LogP contribution in [-0.4, -0.2) is 28.3 Å². The molecule has 0 aromatic heterocycles. The van der Waals surface area contributed by atoms with Gasteiger partial charge >= 0.3 is 12.3 Å². The first-order chi connectivity index (χ1) is 8.75. The number of nitrogens with one attached hydrogen (secondary N) is 1. The van der Waals surface area contributed by atoms with Gasteiger partial charge in [-0.1, -0.05) is 29.4 Å². The summed E-state index contributed by atoms with van der Waals surface area (Å²) in [7, 11) is 0. The lowest BCUT2D eigenvalue weighted by atomic mass is 10.0. The highest BCUT2D eigenvalue weighted by atomic mass is 19.4. The second-order valence-electron chi connectivity index (χ2n) is 3.74. The van der Waals surface area contributed by atoms with Crippen molar-refractivity contribution in [2.24, 2.45) is 5.16 Å². The number of hydrogen-bond donors (Lipinski definition) is 3. The van der Waals surface area contributed by atoms with Crippen LogP contribution in [0.15, 0.2) is 29.4 Å². The average Bonchev–Trinajstić information content (AvgIpc) is 2.28. The number of carboxylic acid groups (broad SMARTS) is 1. The fourth-order valence-corrected chi connectivity index (χ4v) is 1.48. The van der Waals surface area contributed by atoms with E-state index in [4.69, 9.17) is 10.3 Å². The monoisotopic (exact) mass is 276 g/mol. The van der Waals surface area contributed by atoms with E-state index in [1.54, 1.807) is 6.92 Å². The largest absolute Gasteiger partial charge is 0.465 e. The zero-order chi connectivity index (χ0) is 14.6. The summed E-state index contributed by atoms with van der Waals surface area (Å²) in [5.74, 6) is 0. The van der Waals surface area contributed by atoms with Gasteiger partial charge in [0.1, 0.15) is 0 Å². The van der Waals surface area contributed by atoms with Crippen molar-refractivity contribution in [1.82, 2.24) is 5.32 Å². The Balaban J connectivity index is 2.96. The molecule has 0 fully saturated rings. The molecule has 0 radical (unpaired) electrons. The van der Waals surface area contributed by atoms with Gasteiger partial charge < -0.3 is 15.6 Å². The Labute approximate surface area is 106 Å². The Morgan fingerprint density at radius 1 is 1.32 bits per heavy atom. The van der Waals surface area contributed by atoms with Crippen LogP contribution in [0, 0.1) is 0 Å². The highest BCUT2D eigenvalue weighted by Gasteiger charge is 2.37. The Bertz CT molecular complexity index is 483. The van der Waals surface area contributed by atoms with Gasteiger partial charge in [-0.15, -0.1) is 0 Å². The van der Waals surface area contributed by atoms with E-state index in [0.29, 0.717) is 5.56 Å². The first kappa shape index (κ1) is 14.8. The minimum atomic E-state index is -4.76. The molecule has 1 unspecified atom stereocenters. The molecule has 1 atom stereocenters. The van der Waals surface area contributed by atoms with Gasteiger partial charge in [0, 0.05) is 5.56 Å². The van der Waals surface area contributed by atoms with Crippen molar-refractivity contribution in [2.75, 3.05) is 0 Å². The van der Waals surface area contributed by atoms with Gasteiger partial charge in [-0.3, -0.25) is 0 Å². The summed E-state index contributed by atoms with van der Waals surface area (Å²) >= 11 is 0. The molecule has 0 aliphatic heterocycles. The zero-order valence-corrected chi connectivity index (χ0v) is 9.77. The summed E-state index contributed by atoms with van der Waals surface area (Å²) < 4.78 is 37.4. The van der Waals surface area contributed by atoms with Crippen molar-refractivity contribution in [1.29, 1.82) is 0 Å². The Morgan fingerprint density at radius 2 is 1.84 bits per heavy atom. The number of oxime groups is 1. The van der Waals surface area contributed by atoms with Crippen molar-refractivity contribution in [3.63, 3.8) is 0 Å². The number of hydrogen-bond acceptors (Lipinski definition) is 3. The SMILES string of the molecule is CC(NC(=O)O)c1ccc(C(=NO)C(F)(F)F)cc1. The summed E-state index contributed by atoms with van der Waals surface area (Å²) in [6, 6.07) is 4.31.